The van der Waals surface area contributed by atoms with Crippen molar-refractivity contribution in [1.29, 1.82) is 0 Å². The molecule has 5 heteroatoms. The van der Waals surface area contributed by atoms with Crippen LogP contribution in [0.1, 0.15) is 156 Å². The Hall–Kier alpha value is -1.77. The van der Waals surface area contributed by atoms with Gasteiger partial charge >= 0.3 is 7.82 Å². The number of fused-ring (bicyclic) bond motifs is 2. The van der Waals surface area contributed by atoms with Crippen molar-refractivity contribution in [3.05, 3.63) is 57.6 Å². The number of benzene rings is 2. The number of hydrogen-bond donors (Lipinski definition) is 0. The number of phosphoric acid groups is 1. The summed E-state index contributed by atoms with van der Waals surface area (Å²) >= 11 is 0. The second kappa shape index (κ2) is 12.3. The van der Waals surface area contributed by atoms with Crippen LogP contribution in [-0.4, -0.2) is 6.61 Å². The molecular weight excluding hydrogens is 539 g/mol. The number of rotatable bonds is 7. The summed E-state index contributed by atoms with van der Waals surface area (Å²) < 4.78 is 34.4. The summed E-state index contributed by atoms with van der Waals surface area (Å²) in [5.74, 6) is 1.58. The van der Waals surface area contributed by atoms with Crippen molar-refractivity contribution in [1.82, 2.24) is 0 Å². The Bertz CT molecular complexity index is 1210. The summed E-state index contributed by atoms with van der Waals surface area (Å²) in [6, 6.07) is 8.96. The van der Waals surface area contributed by atoms with Gasteiger partial charge in [-0.15, -0.1) is 0 Å². The van der Waals surface area contributed by atoms with Crippen molar-refractivity contribution in [3.63, 3.8) is 0 Å². The summed E-state index contributed by atoms with van der Waals surface area (Å²) in [6.45, 7) is 31.3. The molecule has 0 saturated carbocycles. The van der Waals surface area contributed by atoms with E-state index < -0.39 is 7.82 Å². The van der Waals surface area contributed by atoms with E-state index in [2.05, 4.69) is 121 Å². The molecule has 4 nitrogen and oxygen atoms in total. The fourth-order valence-electron chi connectivity index (χ4n) is 5.43. The molecule has 0 saturated heterocycles. The highest BCUT2D eigenvalue weighted by Crippen LogP contribution is 2.57. The lowest BCUT2D eigenvalue weighted by Crippen LogP contribution is -2.23. The molecule has 1 unspecified atom stereocenters. The molecule has 1 aliphatic rings. The number of unbranched alkanes of at least 4 members (excludes halogenated alkanes) is 1. The molecule has 0 radical (unpaired) electrons. The third-order valence-electron chi connectivity index (χ3n) is 8.48. The van der Waals surface area contributed by atoms with Gasteiger partial charge in [0, 0.05) is 17.5 Å². The lowest BCUT2D eigenvalue weighted by molar-refractivity contribution is 0.168. The summed E-state index contributed by atoms with van der Waals surface area (Å²) in [5, 5.41) is 0. The molecule has 1 atom stereocenters. The van der Waals surface area contributed by atoms with Crippen LogP contribution in [0.4, 0.5) is 0 Å². The topological polar surface area (TPSA) is 44.8 Å². The first-order valence-corrected chi connectivity index (χ1v) is 17.5. The number of phosphoric ester groups is 1. The SMILES string of the molecule is CCCCC(CC)COP1(=O)Oc2c(cc(C(C)(C)C)cc2C(C)(C)C)Cc2cc(C(C)(C)C)cc(C(C)(C)C)c2O1. The van der Waals surface area contributed by atoms with E-state index in [4.69, 9.17) is 13.6 Å². The zero-order valence-corrected chi connectivity index (χ0v) is 30.1. The van der Waals surface area contributed by atoms with Gasteiger partial charge in [-0.25, -0.2) is 4.57 Å². The summed E-state index contributed by atoms with van der Waals surface area (Å²) in [6.07, 6.45) is 4.85. The molecule has 3 rings (SSSR count). The Balaban J connectivity index is 2.37. The van der Waals surface area contributed by atoms with E-state index in [9.17, 15) is 4.57 Å². The van der Waals surface area contributed by atoms with E-state index in [1.807, 2.05) is 0 Å². The molecule has 0 amide bonds. The highest BCUT2D eigenvalue weighted by molar-refractivity contribution is 7.49. The monoisotopic (exact) mass is 598 g/mol. The highest BCUT2D eigenvalue weighted by atomic mass is 31.2. The van der Waals surface area contributed by atoms with Gasteiger partial charge in [-0.2, -0.15) is 0 Å². The van der Waals surface area contributed by atoms with Crippen molar-refractivity contribution < 1.29 is 18.1 Å². The van der Waals surface area contributed by atoms with E-state index >= 15 is 0 Å². The predicted octanol–water partition coefficient (Wildman–Crippen LogP) is 11.6. The van der Waals surface area contributed by atoms with Crippen LogP contribution < -0.4 is 9.05 Å². The van der Waals surface area contributed by atoms with Gasteiger partial charge in [-0.05, 0) is 56.3 Å². The van der Waals surface area contributed by atoms with Crippen LogP contribution in [0.25, 0.3) is 0 Å². The number of hydrogen-bond acceptors (Lipinski definition) is 4. The molecule has 42 heavy (non-hydrogen) atoms. The minimum Gasteiger partial charge on any atom is -0.394 e. The smallest absolute Gasteiger partial charge is 0.394 e. The Morgan fingerprint density at radius 3 is 1.48 bits per heavy atom. The van der Waals surface area contributed by atoms with Gasteiger partial charge in [-0.1, -0.05) is 140 Å². The van der Waals surface area contributed by atoms with Crippen LogP contribution >= 0.6 is 7.82 Å². The van der Waals surface area contributed by atoms with Crippen LogP contribution in [0, 0.1) is 5.92 Å². The largest absolute Gasteiger partial charge is 0.587 e. The minimum absolute atomic E-state index is 0.0611. The maximum absolute atomic E-state index is 14.9. The second-order valence-electron chi connectivity index (χ2n) is 16.5. The normalized spacial score (nSPS) is 16.4. The Morgan fingerprint density at radius 1 is 0.714 bits per heavy atom. The van der Waals surface area contributed by atoms with Gasteiger partial charge in [0.05, 0.1) is 6.61 Å². The molecule has 0 aromatic heterocycles. The standard InChI is InChI=1S/C37H59O4P/c1-15-17-18-25(16-2)24-39-42(38)40-32-26(20-28(34(3,4)5)22-30(32)36(9,10)11)19-27-21-29(35(6,7)8)23-31(33(27)41-42)37(12,13)14/h20-23,25H,15-19,24H2,1-14H3. The van der Waals surface area contributed by atoms with Gasteiger partial charge in [-0.3, -0.25) is 4.52 Å². The molecule has 236 valence electrons. The lowest BCUT2D eigenvalue weighted by atomic mass is 9.76. The van der Waals surface area contributed by atoms with Gasteiger partial charge in [0.2, 0.25) is 0 Å². The zero-order valence-electron chi connectivity index (χ0n) is 29.2. The van der Waals surface area contributed by atoms with Crippen molar-refractivity contribution >= 4 is 7.82 Å². The maximum atomic E-state index is 14.9. The molecule has 0 N–H and O–H groups in total. The van der Waals surface area contributed by atoms with Gasteiger partial charge in [0.25, 0.3) is 0 Å². The fourth-order valence-corrected chi connectivity index (χ4v) is 6.85. The lowest BCUT2D eigenvalue weighted by Gasteiger charge is -2.35. The second-order valence-corrected chi connectivity index (χ2v) is 18.1. The van der Waals surface area contributed by atoms with Crippen LogP contribution in [-0.2, 0) is 37.2 Å². The highest BCUT2D eigenvalue weighted by Gasteiger charge is 2.40. The summed E-state index contributed by atoms with van der Waals surface area (Å²) in [4.78, 5) is 0. The molecule has 0 fully saturated rings. The Labute approximate surface area is 257 Å². The first-order valence-electron chi connectivity index (χ1n) is 16.1. The molecule has 1 aliphatic heterocycles. The van der Waals surface area contributed by atoms with Gasteiger partial charge in [0.15, 0.2) is 0 Å². The molecule has 0 aliphatic carbocycles. The summed E-state index contributed by atoms with van der Waals surface area (Å²) in [7, 11) is -4.05. The van der Waals surface area contributed by atoms with Gasteiger partial charge < -0.3 is 9.05 Å². The maximum Gasteiger partial charge on any atom is 0.587 e. The molecular formula is C37H59O4P. The first kappa shape index (κ1) is 34.7. The minimum atomic E-state index is -4.05. The quantitative estimate of drug-likeness (QED) is 0.297. The van der Waals surface area contributed by atoms with E-state index in [-0.39, 0.29) is 21.7 Å². The van der Waals surface area contributed by atoms with Crippen molar-refractivity contribution in [3.8, 4) is 11.5 Å². The molecule has 0 spiro atoms. The summed E-state index contributed by atoms with van der Waals surface area (Å²) in [5.41, 5.74) is 6.00. The fraction of sp³-hybridized carbons (Fsp3) is 0.676. The van der Waals surface area contributed by atoms with E-state index in [1.54, 1.807) is 0 Å². The van der Waals surface area contributed by atoms with Crippen LogP contribution in [0.3, 0.4) is 0 Å². The van der Waals surface area contributed by atoms with Crippen LogP contribution in [0.15, 0.2) is 24.3 Å². The van der Waals surface area contributed by atoms with E-state index in [0.717, 1.165) is 47.9 Å². The zero-order chi connectivity index (χ0) is 31.9. The van der Waals surface area contributed by atoms with Gasteiger partial charge in [0.1, 0.15) is 11.5 Å². The van der Waals surface area contributed by atoms with Crippen LogP contribution in [0.2, 0.25) is 0 Å². The van der Waals surface area contributed by atoms with Crippen molar-refractivity contribution in [2.24, 2.45) is 5.92 Å². The van der Waals surface area contributed by atoms with E-state index in [1.165, 1.54) is 11.1 Å². The molecule has 2 aromatic carbocycles. The molecule has 2 aromatic rings. The average molecular weight is 599 g/mol. The third-order valence-corrected chi connectivity index (χ3v) is 9.76. The molecule has 1 heterocycles. The van der Waals surface area contributed by atoms with Crippen molar-refractivity contribution in [2.75, 3.05) is 6.61 Å². The Morgan fingerprint density at radius 2 is 1.14 bits per heavy atom. The third kappa shape index (κ3) is 8.23. The average Bonchev–Trinajstić information content (AvgIpc) is 2.82. The first-order chi connectivity index (χ1) is 19.1. The van der Waals surface area contributed by atoms with Crippen LogP contribution in [0.5, 0.6) is 11.5 Å². The van der Waals surface area contributed by atoms with E-state index in [0.29, 0.717) is 30.4 Å². The predicted molar refractivity (Wildman–Crippen MR) is 179 cm³/mol. The van der Waals surface area contributed by atoms with Crippen molar-refractivity contribution in [2.45, 2.75) is 151 Å². The Kier molecular flexibility index (Phi) is 10.2. The molecule has 0 bridgehead atoms.